The smallest absolute Gasteiger partial charge is 0.405 e. The molecule has 10 nitrogen and oxygen atoms in total. The molecule has 0 unspecified atom stereocenters. The van der Waals surface area contributed by atoms with Crippen LogP contribution >= 0.6 is 11.8 Å². The molecule has 0 bridgehead atoms. The third kappa shape index (κ3) is 11.6. The van der Waals surface area contributed by atoms with Crippen molar-refractivity contribution in [3.63, 3.8) is 0 Å². The molecule has 11 heteroatoms. The van der Waals surface area contributed by atoms with Crippen LogP contribution in [0.4, 0.5) is 4.79 Å². The molecule has 0 aromatic heterocycles. The molecule has 5 N–H and O–H groups in total. The molecule has 1 rings (SSSR count). The monoisotopic (exact) mass is 572 g/mol. The van der Waals surface area contributed by atoms with Crippen molar-refractivity contribution in [1.82, 2.24) is 20.9 Å². The van der Waals surface area contributed by atoms with Crippen LogP contribution in [0.25, 0.3) is 0 Å². The standard InChI is InChI=1S/C28H52N4O6S/c1-17(2)13-21(30-24(34)20(9-12-39-8)31-27(37)38)23(33)15-28(7)10-11-32(26(28)36)22(14-18(3)4)25(35)29-16-19(5)6/h17-23,31,33H,9-16H2,1-8H3,(H,29,35)(H,30,34)(H,37,38)/t20-,21-,22-,23-,28-/m0/s1. The lowest BCUT2D eigenvalue weighted by atomic mass is 9.80. The van der Waals surface area contributed by atoms with Crippen LogP contribution in [0, 0.1) is 23.2 Å². The van der Waals surface area contributed by atoms with Crippen molar-refractivity contribution in [2.75, 3.05) is 25.1 Å². The van der Waals surface area contributed by atoms with E-state index in [1.54, 1.807) is 4.90 Å². The van der Waals surface area contributed by atoms with Gasteiger partial charge < -0.3 is 31.1 Å². The van der Waals surface area contributed by atoms with Crippen LogP contribution in [0.2, 0.25) is 0 Å². The third-order valence-corrected chi connectivity index (χ3v) is 7.79. The van der Waals surface area contributed by atoms with E-state index < -0.39 is 41.6 Å². The molecule has 0 spiro atoms. The zero-order valence-corrected chi connectivity index (χ0v) is 25.9. The predicted octanol–water partition coefficient (Wildman–Crippen LogP) is 3.08. The minimum atomic E-state index is -1.28. The molecule has 0 radical (unpaired) electrons. The molecule has 4 amide bonds. The Hall–Kier alpha value is -2.01. The van der Waals surface area contributed by atoms with E-state index in [2.05, 4.69) is 16.0 Å². The number of thioether (sulfide) groups is 1. The SMILES string of the molecule is CSCC[C@H](NC(=O)O)C(=O)N[C@@H](CC(C)C)[C@@H](O)C[C@]1(C)CCN([C@@H](CC(C)C)C(=O)NCC(C)C)C1=O. The van der Waals surface area contributed by atoms with Gasteiger partial charge >= 0.3 is 6.09 Å². The van der Waals surface area contributed by atoms with E-state index in [0.717, 1.165) is 0 Å². The highest BCUT2D eigenvalue weighted by atomic mass is 32.2. The molecule has 0 aromatic rings. The molecule has 0 aliphatic carbocycles. The predicted molar refractivity (Wildman–Crippen MR) is 155 cm³/mol. The van der Waals surface area contributed by atoms with Crippen LogP contribution in [0.15, 0.2) is 0 Å². The topological polar surface area (TPSA) is 148 Å². The summed E-state index contributed by atoms with van der Waals surface area (Å²) in [5, 5.41) is 28.6. The Labute approximate surface area is 238 Å². The highest BCUT2D eigenvalue weighted by Crippen LogP contribution is 2.38. The fourth-order valence-electron chi connectivity index (χ4n) is 5.01. The molecule has 39 heavy (non-hydrogen) atoms. The number of aliphatic hydroxyl groups is 1. The second-order valence-corrected chi connectivity index (χ2v) is 13.4. The van der Waals surface area contributed by atoms with Gasteiger partial charge in [-0.2, -0.15) is 11.8 Å². The molecule has 1 aliphatic heterocycles. The van der Waals surface area contributed by atoms with Crippen molar-refractivity contribution in [3.8, 4) is 0 Å². The Morgan fingerprint density at radius 1 is 1.00 bits per heavy atom. The van der Waals surface area contributed by atoms with Gasteiger partial charge in [-0.1, -0.05) is 48.5 Å². The van der Waals surface area contributed by atoms with E-state index in [1.165, 1.54) is 11.8 Å². The number of carboxylic acid groups (broad SMARTS) is 1. The van der Waals surface area contributed by atoms with Gasteiger partial charge in [0.15, 0.2) is 0 Å². The highest BCUT2D eigenvalue weighted by molar-refractivity contribution is 7.98. The van der Waals surface area contributed by atoms with E-state index >= 15 is 0 Å². The zero-order valence-electron chi connectivity index (χ0n) is 25.1. The summed E-state index contributed by atoms with van der Waals surface area (Å²) in [5.41, 5.74) is -0.884. The van der Waals surface area contributed by atoms with E-state index in [9.17, 15) is 29.4 Å². The number of carbonyl (C=O) groups excluding carboxylic acids is 3. The van der Waals surface area contributed by atoms with E-state index in [4.69, 9.17) is 0 Å². The molecule has 1 saturated heterocycles. The number of carbonyl (C=O) groups is 4. The first-order valence-corrected chi connectivity index (χ1v) is 15.6. The Kier molecular flexibility index (Phi) is 14.6. The lowest BCUT2D eigenvalue weighted by Crippen LogP contribution is -2.54. The molecule has 0 aromatic carbocycles. The number of likely N-dealkylation sites (tertiary alicyclic amines) is 1. The summed E-state index contributed by atoms with van der Waals surface area (Å²) in [4.78, 5) is 52.7. The van der Waals surface area contributed by atoms with Crippen molar-refractivity contribution < 1.29 is 29.4 Å². The quantitative estimate of drug-likeness (QED) is 0.180. The number of amides is 4. The Morgan fingerprint density at radius 2 is 1.62 bits per heavy atom. The van der Waals surface area contributed by atoms with Gasteiger partial charge in [0.05, 0.1) is 17.6 Å². The van der Waals surface area contributed by atoms with Crippen LogP contribution in [-0.2, 0) is 14.4 Å². The van der Waals surface area contributed by atoms with Gasteiger partial charge in [-0.3, -0.25) is 14.4 Å². The molecule has 1 fully saturated rings. The maximum absolute atomic E-state index is 13.7. The number of rotatable bonds is 17. The van der Waals surface area contributed by atoms with Gasteiger partial charge in [0.25, 0.3) is 0 Å². The molecule has 5 atom stereocenters. The second kappa shape index (κ2) is 16.3. The number of hydrogen-bond donors (Lipinski definition) is 5. The van der Waals surface area contributed by atoms with Crippen LogP contribution < -0.4 is 16.0 Å². The second-order valence-electron chi connectivity index (χ2n) is 12.4. The van der Waals surface area contributed by atoms with Crippen molar-refractivity contribution >= 4 is 35.6 Å². The minimum Gasteiger partial charge on any atom is -0.465 e. The Bertz CT molecular complexity index is 824. The van der Waals surface area contributed by atoms with Crippen molar-refractivity contribution in [3.05, 3.63) is 0 Å². The largest absolute Gasteiger partial charge is 0.465 e. The van der Waals surface area contributed by atoms with Gasteiger partial charge in [0.1, 0.15) is 12.1 Å². The number of aliphatic hydroxyl groups excluding tert-OH is 1. The summed E-state index contributed by atoms with van der Waals surface area (Å²) >= 11 is 1.51. The number of hydrogen-bond acceptors (Lipinski definition) is 6. The minimum absolute atomic E-state index is 0.129. The van der Waals surface area contributed by atoms with E-state index in [0.29, 0.717) is 50.4 Å². The van der Waals surface area contributed by atoms with Crippen molar-refractivity contribution in [2.45, 2.75) is 105 Å². The van der Waals surface area contributed by atoms with Gasteiger partial charge in [-0.15, -0.1) is 0 Å². The zero-order chi connectivity index (χ0) is 29.9. The first kappa shape index (κ1) is 35.0. The van der Waals surface area contributed by atoms with Crippen molar-refractivity contribution in [1.29, 1.82) is 0 Å². The number of nitrogens with one attached hydrogen (secondary N) is 3. The summed E-state index contributed by atoms with van der Waals surface area (Å²) < 4.78 is 0. The first-order chi connectivity index (χ1) is 18.1. The van der Waals surface area contributed by atoms with Crippen LogP contribution in [0.1, 0.15) is 80.6 Å². The van der Waals surface area contributed by atoms with Gasteiger partial charge in [0.2, 0.25) is 17.7 Å². The fraction of sp³-hybridized carbons (Fsp3) is 0.857. The summed E-state index contributed by atoms with van der Waals surface area (Å²) in [6, 6.07) is -2.15. The average Bonchev–Trinajstić information content (AvgIpc) is 3.10. The van der Waals surface area contributed by atoms with Crippen LogP contribution in [-0.4, -0.2) is 88.3 Å². The van der Waals surface area contributed by atoms with Crippen LogP contribution in [0.5, 0.6) is 0 Å². The highest BCUT2D eigenvalue weighted by Gasteiger charge is 2.48. The van der Waals surface area contributed by atoms with Gasteiger partial charge in [0, 0.05) is 13.1 Å². The number of nitrogens with zero attached hydrogens (tertiary/aromatic N) is 1. The summed E-state index contributed by atoms with van der Waals surface area (Å²) in [6.07, 6.45) is 1.54. The lowest BCUT2D eigenvalue weighted by molar-refractivity contribution is -0.144. The van der Waals surface area contributed by atoms with Gasteiger partial charge in [-0.05, 0) is 61.9 Å². The van der Waals surface area contributed by atoms with E-state index in [1.807, 2.05) is 54.7 Å². The lowest BCUT2D eigenvalue weighted by Gasteiger charge is -2.34. The molecule has 1 heterocycles. The van der Waals surface area contributed by atoms with Crippen molar-refractivity contribution in [2.24, 2.45) is 23.2 Å². The average molecular weight is 573 g/mol. The molecule has 1 aliphatic rings. The molecule has 0 saturated carbocycles. The van der Waals surface area contributed by atoms with Gasteiger partial charge in [-0.25, -0.2) is 4.79 Å². The third-order valence-electron chi connectivity index (χ3n) is 7.14. The molecular weight excluding hydrogens is 520 g/mol. The maximum Gasteiger partial charge on any atom is 0.405 e. The molecule has 226 valence electrons. The maximum atomic E-state index is 13.7. The molecular formula is C28H52N4O6S. The summed E-state index contributed by atoms with van der Waals surface area (Å²) in [5.74, 6) is 0.455. The normalized spacial score (nSPS) is 20.7. The Balaban J connectivity index is 3.06. The van der Waals surface area contributed by atoms with Crippen LogP contribution in [0.3, 0.4) is 0 Å². The van der Waals surface area contributed by atoms with E-state index in [-0.39, 0.29) is 30.1 Å². The fourth-order valence-corrected chi connectivity index (χ4v) is 5.49. The summed E-state index contributed by atoms with van der Waals surface area (Å²) in [7, 11) is 0. The first-order valence-electron chi connectivity index (χ1n) is 14.2. The Morgan fingerprint density at radius 3 is 2.13 bits per heavy atom. The summed E-state index contributed by atoms with van der Waals surface area (Å²) in [6.45, 7) is 14.8.